The number of aryl methyl sites for hydroxylation is 1. The highest BCUT2D eigenvalue weighted by Crippen LogP contribution is 2.27. The van der Waals surface area contributed by atoms with Crippen molar-refractivity contribution in [1.82, 2.24) is 20.2 Å². The number of nitrogens with one attached hydrogen (secondary N) is 1. The summed E-state index contributed by atoms with van der Waals surface area (Å²) >= 11 is 6.90. The second-order valence-corrected chi connectivity index (χ2v) is 5.87. The fraction of sp³-hybridized carbons (Fsp3) is 0.333. The number of aromatic nitrogens is 3. The summed E-state index contributed by atoms with van der Waals surface area (Å²) in [4.78, 5) is 4.40. The average molecular weight is 389 g/mol. The van der Waals surface area contributed by atoms with E-state index in [1.165, 1.54) is 0 Å². The summed E-state index contributed by atoms with van der Waals surface area (Å²) in [6, 6.07) is 3.68. The van der Waals surface area contributed by atoms with Crippen molar-refractivity contribution >= 4 is 31.9 Å². The molecule has 5 nitrogen and oxygen atoms in total. The molecule has 0 saturated carbocycles. The van der Waals surface area contributed by atoms with E-state index in [0.29, 0.717) is 0 Å². The zero-order valence-corrected chi connectivity index (χ0v) is 13.6. The summed E-state index contributed by atoms with van der Waals surface area (Å²) in [6.45, 7) is 2.96. The molecule has 0 bridgehead atoms. The molecule has 0 spiro atoms. The predicted molar refractivity (Wildman–Crippen MR) is 81.3 cm³/mol. The molecule has 0 aliphatic rings. The zero-order chi connectivity index (χ0) is 13.8. The van der Waals surface area contributed by atoms with Crippen molar-refractivity contribution in [1.29, 1.82) is 0 Å². The Morgan fingerprint density at radius 2 is 2.16 bits per heavy atom. The van der Waals surface area contributed by atoms with Crippen LogP contribution in [0.1, 0.15) is 30.8 Å². The monoisotopic (exact) mass is 387 g/mol. The van der Waals surface area contributed by atoms with E-state index in [1.807, 2.05) is 16.8 Å². The van der Waals surface area contributed by atoms with Gasteiger partial charge >= 0.3 is 0 Å². The summed E-state index contributed by atoms with van der Waals surface area (Å²) in [5.74, 6) is 5.70. The van der Waals surface area contributed by atoms with Gasteiger partial charge in [-0.25, -0.2) is 5.43 Å². The molecule has 0 aromatic carbocycles. The molecule has 2 aromatic heterocycles. The van der Waals surface area contributed by atoms with Crippen LogP contribution in [0.25, 0.3) is 0 Å². The molecule has 0 saturated heterocycles. The molecule has 0 radical (unpaired) electrons. The number of hydrogen-bond acceptors (Lipinski definition) is 4. The maximum Gasteiger partial charge on any atom is 0.106 e. The molecule has 1 unspecified atom stereocenters. The Morgan fingerprint density at radius 1 is 1.37 bits per heavy atom. The van der Waals surface area contributed by atoms with E-state index in [4.69, 9.17) is 5.84 Å². The highest BCUT2D eigenvalue weighted by Gasteiger charge is 2.21. The van der Waals surface area contributed by atoms with Gasteiger partial charge in [0.15, 0.2) is 0 Å². The first-order valence-corrected chi connectivity index (χ1v) is 7.54. The van der Waals surface area contributed by atoms with Gasteiger partial charge in [0.25, 0.3) is 0 Å². The van der Waals surface area contributed by atoms with Crippen LogP contribution in [0.2, 0.25) is 0 Å². The smallest absolute Gasteiger partial charge is 0.106 e. The summed E-state index contributed by atoms with van der Waals surface area (Å²) in [7, 11) is 0. The third-order valence-electron chi connectivity index (χ3n) is 2.75. The van der Waals surface area contributed by atoms with E-state index < -0.39 is 0 Å². The van der Waals surface area contributed by atoms with E-state index in [-0.39, 0.29) is 6.04 Å². The molecule has 2 heterocycles. The van der Waals surface area contributed by atoms with Gasteiger partial charge in [-0.3, -0.25) is 15.5 Å². The summed E-state index contributed by atoms with van der Waals surface area (Å²) in [5.41, 5.74) is 4.65. The maximum atomic E-state index is 5.70. The number of halogens is 2. The standard InChI is InChI=1S/C12H15Br2N5/c1-2-5-19-12(9(14)7-17-19)11(18-15)10-4-3-8(13)6-16-10/h3-4,6-7,11,18H,2,5,15H2,1H3. The molecule has 7 heteroatoms. The Hall–Kier alpha value is -0.760. The topological polar surface area (TPSA) is 68.8 Å². The normalized spacial score (nSPS) is 12.6. The minimum absolute atomic E-state index is 0.198. The third kappa shape index (κ3) is 3.22. The first-order valence-electron chi connectivity index (χ1n) is 5.96. The van der Waals surface area contributed by atoms with Gasteiger partial charge in [0.05, 0.1) is 22.1 Å². The van der Waals surface area contributed by atoms with Gasteiger partial charge in [0.2, 0.25) is 0 Å². The van der Waals surface area contributed by atoms with Crippen LogP contribution in [0.3, 0.4) is 0 Å². The van der Waals surface area contributed by atoms with Crippen LogP contribution in [0.5, 0.6) is 0 Å². The Bertz CT molecular complexity index is 538. The van der Waals surface area contributed by atoms with Gasteiger partial charge in [-0.1, -0.05) is 6.92 Å². The molecule has 0 fully saturated rings. The van der Waals surface area contributed by atoms with Crippen molar-refractivity contribution in [3.8, 4) is 0 Å². The van der Waals surface area contributed by atoms with Crippen molar-refractivity contribution < 1.29 is 0 Å². The van der Waals surface area contributed by atoms with Crippen molar-refractivity contribution in [2.24, 2.45) is 5.84 Å². The number of rotatable bonds is 5. The van der Waals surface area contributed by atoms with Crippen LogP contribution in [-0.4, -0.2) is 14.8 Å². The van der Waals surface area contributed by atoms with Gasteiger partial charge in [-0.15, -0.1) is 0 Å². The highest BCUT2D eigenvalue weighted by molar-refractivity contribution is 9.10. The SMILES string of the molecule is CCCn1ncc(Br)c1C(NN)c1ccc(Br)cn1. The Labute approximate surface area is 128 Å². The van der Waals surface area contributed by atoms with E-state index in [0.717, 1.165) is 33.3 Å². The molecule has 0 aliphatic carbocycles. The lowest BCUT2D eigenvalue weighted by atomic mass is 10.1. The molecule has 0 aliphatic heterocycles. The number of hydrogen-bond donors (Lipinski definition) is 2. The lowest BCUT2D eigenvalue weighted by Crippen LogP contribution is -2.31. The first kappa shape index (κ1) is 14.6. The summed E-state index contributed by atoms with van der Waals surface area (Å²) in [5, 5.41) is 4.35. The van der Waals surface area contributed by atoms with Crippen molar-refractivity contribution in [2.45, 2.75) is 25.9 Å². The highest BCUT2D eigenvalue weighted by atomic mass is 79.9. The molecule has 2 aromatic rings. The third-order valence-corrected chi connectivity index (χ3v) is 3.83. The van der Waals surface area contributed by atoms with Gasteiger partial charge in [0.1, 0.15) is 6.04 Å². The van der Waals surface area contributed by atoms with Gasteiger partial charge in [0, 0.05) is 17.2 Å². The minimum Gasteiger partial charge on any atom is -0.270 e. The minimum atomic E-state index is -0.198. The van der Waals surface area contributed by atoms with Gasteiger partial charge < -0.3 is 0 Å². The van der Waals surface area contributed by atoms with E-state index in [2.05, 4.69) is 54.3 Å². The molecule has 2 rings (SSSR count). The Morgan fingerprint density at radius 3 is 2.74 bits per heavy atom. The molecule has 19 heavy (non-hydrogen) atoms. The zero-order valence-electron chi connectivity index (χ0n) is 10.5. The summed E-state index contributed by atoms with van der Waals surface area (Å²) < 4.78 is 3.81. The van der Waals surface area contributed by atoms with Gasteiger partial charge in [-0.2, -0.15) is 5.10 Å². The quantitative estimate of drug-likeness (QED) is 0.610. The van der Waals surface area contributed by atoms with E-state index >= 15 is 0 Å². The Kier molecular flexibility index (Phi) is 5.09. The fourth-order valence-electron chi connectivity index (χ4n) is 1.91. The van der Waals surface area contributed by atoms with Crippen LogP contribution in [0, 0.1) is 0 Å². The molecular weight excluding hydrogens is 374 g/mol. The van der Waals surface area contributed by atoms with Crippen LogP contribution < -0.4 is 11.3 Å². The fourth-order valence-corrected chi connectivity index (χ4v) is 2.67. The van der Waals surface area contributed by atoms with E-state index in [9.17, 15) is 0 Å². The lowest BCUT2D eigenvalue weighted by Gasteiger charge is -2.18. The molecule has 3 N–H and O–H groups in total. The number of pyridine rings is 1. The van der Waals surface area contributed by atoms with Crippen LogP contribution in [0.15, 0.2) is 33.5 Å². The largest absolute Gasteiger partial charge is 0.270 e. The second-order valence-electron chi connectivity index (χ2n) is 4.10. The molecular formula is C12H15Br2N5. The lowest BCUT2D eigenvalue weighted by molar-refractivity contribution is 0.513. The average Bonchev–Trinajstić information content (AvgIpc) is 2.76. The molecule has 102 valence electrons. The predicted octanol–water partition coefficient (Wildman–Crippen LogP) is 2.77. The number of hydrazine groups is 1. The van der Waals surface area contributed by atoms with Crippen LogP contribution >= 0.6 is 31.9 Å². The maximum absolute atomic E-state index is 5.70. The second kappa shape index (κ2) is 6.60. The number of nitrogens with zero attached hydrogens (tertiary/aromatic N) is 3. The summed E-state index contributed by atoms with van der Waals surface area (Å²) in [6.07, 6.45) is 4.55. The van der Waals surface area contributed by atoms with Crippen LogP contribution in [-0.2, 0) is 6.54 Å². The van der Waals surface area contributed by atoms with Gasteiger partial charge in [-0.05, 0) is 50.4 Å². The van der Waals surface area contributed by atoms with Crippen molar-refractivity contribution in [2.75, 3.05) is 0 Å². The van der Waals surface area contributed by atoms with E-state index in [1.54, 1.807) is 12.4 Å². The number of nitrogens with two attached hydrogens (primary N) is 1. The van der Waals surface area contributed by atoms with Crippen molar-refractivity contribution in [3.05, 3.63) is 44.9 Å². The molecule has 1 atom stereocenters. The molecule has 0 amide bonds. The first-order chi connectivity index (χ1) is 9.17. The van der Waals surface area contributed by atoms with Crippen LogP contribution in [0.4, 0.5) is 0 Å². The Balaban J connectivity index is 2.41. The van der Waals surface area contributed by atoms with Crippen molar-refractivity contribution in [3.63, 3.8) is 0 Å².